The Hall–Kier alpha value is -2.87. The van der Waals surface area contributed by atoms with Crippen LogP contribution >= 0.6 is 0 Å². The summed E-state index contributed by atoms with van der Waals surface area (Å²) in [7, 11) is -2.60. The van der Waals surface area contributed by atoms with Gasteiger partial charge in [0, 0.05) is 13.1 Å². The summed E-state index contributed by atoms with van der Waals surface area (Å²) in [6.07, 6.45) is 1.01. The van der Waals surface area contributed by atoms with Crippen LogP contribution in [0.25, 0.3) is 0 Å². The first-order valence-electron chi connectivity index (χ1n) is 10.7. The third-order valence-electron chi connectivity index (χ3n) is 5.90. The van der Waals surface area contributed by atoms with Gasteiger partial charge in [-0.2, -0.15) is 0 Å². The van der Waals surface area contributed by atoms with Crippen molar-refractivity contribution in [1.82, 2.24) is 4.90 Å². The van der Waals surface area contributed by atoms with Gasteiger partial charge < -0.3 is 9.64 Å². The quantitative estimate of drug-likeness (QED) is 0.621. The van der Waals surface area contributed by atoms with Crippen LogP contribution in [0.15, 0.2) is 47.4 Å². The largest absolute Gasteiger partial charge is 0.469 e. The van der Waals surface area contributed by atoms with E-state index in [0.29, 0.717) is 31.6 Å². The molecule has 1 heterocycles. The Kier molecular flexibility index (Phi) is 7.23. The number of rotatable bonds is 6. The highest BCUT2D eigenvalue weighted by Gasteiger charge is 2.32. The average molecular weight is 459 g/mol. The van der Waals surface area contributed by atoms with E-state index in [9.17, 15) is 18.0 Å². The van der Waals surface area contributed by atoms with Crippen LogP contribution < -0.4 is 4.31 Å². The maximum atomic E-state index is 13.6. The predicted molar refractivity (Wildman–Crippen MR) is 123 cm³/mol. The third-order valence-corrected chi connectivity index (χ3v) is 7.68. The number of benzene rings is 2. The summed E-state index contributed by atoms with van der Waals surface area (Å²) in [5.41, 5.74) is 3.11. The van der Waals surface area contributed by atoms with Crippen LogP contribution in [0.4, 0.5) is 5.69 Å². The highest BCUT2D eigenvalue weighted by molar-refractivity contribution is 7.92. The molecule has 32 heavy (non-hydrogen) atoms. The maximum absolute atomic E-state index is 13.6. The highest BCUT2D eigenvalue weighted by Crippen LogP contribution is 2.29. The van der Waals surface area contributed by atoms with Gasteiger partial charge in [0.1, 0.15) is 6.54 Å². The molecular weight excluding hydrogens is 428 g/mol. The lowest BCUT2D eigenvalue weighted by atomic mass is 9.97. The number of esters is 1. The number of amides is 1. The fraction of sp³-hybridized carbons (Fsp3) is 0.417. The molecule has 1 amide bonds. The Labute approximate surface area is 190 Å². The van der Waals surface area contributed by atoms with Crippen molar-refractivity contribution in [2.45, 2.75) is 38.5 Å². The number of nitrogens with zero attached hydrogens (tertiary/aromatic N) is 2. The zero-order valence-electron chi connectivity index (χ0n) is 19.0. The molecule has 1 saturated heterocycles. The molecule has 1 fully saturated rings. The summed E-state index contributed by atoms with van der Waals surface area (Å²) in [4.78, 5) is 26.7. The minimum Gasteiger partial charge on any atom is -0.469 e. The molecule has 1 aliphatic heterocycles. The first-order chi connectivity index (χ1) is 15.1. The Morgan fingerprint density at radius 2 is 1.59 bits per heavy atom. The van der Waals surface area contributed by atoms with Crippen molar-refractivity contribution in [1.29, 1.82) is 0 Å². The minimum absolute atomic E-state index is 0.140. The van der Waals surface area contributed by atoms with Crippen LogP contribution in [0.1, 0.15) is 29.5 Å². The van der Waals surface area contributed by atoms with Crippen LogP contribution in [0, 0.1) is 26.7 Å². The van der Waals surface area contributed by atoms with Crippen LogP contribution in [0.3, 0.4) is 0 Å². The van der Waals surface area contributed by atoms with Gasteiger partial charge in [-0.25, -0.2) is 8.42 Å². The van der Waals surface area contributed by atoms with Gasteiger partial charge in [-0.3, -0.25) is 13.9 Å². The first kappa shape index (κ1) is 23.8. The van der Waals surface area contributed by atoms with E-state index in [1.807, 2.05) is 32.9 Å². The Morgan fingerprint density at radius 3 is 2.19 bits per heavy atom. The first-order valence-corrected chi connectivity index (χ1v) is 12.1. The van der Waals surface area contributed by atoms with Crippen molar-refractivity contribution < 1.29 is 22.7 Å². The average Bonchev–Trinajstić information content (AvgIpc) is 2.78. The highest BCUT2D eigenvalue weighted by atomic mass is 32.2. The van der Waals surface area contributed by atoms with Crippen LogP contribution in [0.5, 0.6) is 0 Å². The number of likely N-dealkylation sites (tertiary alicyclic amines) is 1. The topological polar surface area (TPSA) is 84.0 Å². The molecule has 0 aromatic heterocycles. The molecule has 2 aromatic carbocycles. The SMILES string of the molecule is COC(=O)C1CCN(C(=O)CN(c2cc(C)ccc2C)S(=O)(=O)c2ccc(C)cc2)CC1. The number of methoxy groups -OCH3 is 1. The maximum Gasteiger partial charge on any atom is 0.308 e. The monoisotopic (exact) mass is 458 g/mol. The Morgan fingerprint density at radius 1 is 1.00 bits per heavy atom. The molecule has 0 unspecified atom stereocenters. The van der Waals surface area contributed by atoms with Gasteiger partial charge in [0.15, 0.2) is 0 Å². The number of hydrogen-bond acceptors (Lipinski definition) is 5. The van der Waals surface area contributed by atoms with Gasteiger partial charge in [-0.15, -0.1) is 0 Å². The van der Waals surface area contributed by atoms with E-state index in [2.05, 4.69) is 0 Å². The van der Waals surface area contributed by atoms with Crippen molar-refractivity contribution in [3.05, 3.63) is 59.2 Å². The molecule has 7 nitrogen and oxygen atoms in total. The van der Waals surface area contributed by atoms with E-state index in [-0.39, 0.29) is 29.2 Å². The molecule has 2 aromatic rings. The van der Waals surface area contributed by atoms with Gasteiger partial charge in [0.05, 0.1) is 23.6 Å². The number of carbonyl (C=O) groups excluding carboxylic acids is 2. The standard InChI is InChI=1S/C24H30N2O5S/c1-17-6-9-21(10-7-17)32(29,30)26(22-15-18(2)5-8-19(22)3)16-23(27)25-13-11-20(12-14-25)24(28)31-4/h5-10,15,20H,11-14,16H2,1-4H3. The van der Waals surface area contributed by atoms with Gasteiger partial charge in [-0.1, -0.05) is 29.8 Å². The molecule has 8 heteroatoms. The summed E-state index contributed by atoms with van der Waals surface area (Å²) < 4.78 is 33.2. The zero-order valence-corrected chi connectivity index (χ0v) is 19.8. The van der Waals surface area contributed by atoms with E-state index in [4.69, 9.17) is 4.74 Å². The van der Waals surface area contributed by atoms with E-state index < -0.39 is 10.0 Å². The summed E-state index contributed by atoms with van der Waals surface area (Å²) >= 11 is 0. The molecule has 0 atom stereocenters. The summed E-state index contributed by atoms with van der Waals surface area (Å²) in [5.74, 6) is -0.781. The number of aryl methyl sites for hydroxylation is 3. The number of carbonyl (C=O) groups is 2. The van der Waals surface area contributed by atoms with E-state index in [1.165, 1.54) is 11.4 Å². The van der Waals surface area contributed by atoms with Crippen LogP contribution in [0.2, 0.25) is 0 Å². The van der Waals surface area contributed by atoms with Crippen LogP contribution in [-0.4, -0.2) is 51.9 Å². The molecular formula is C24H30N2O5S. The second kappa shape index (κ2) is 9.73. The molecule has 172 valence electrons. The van der Waals surface area contributed by atoms with Crippen molar-refractivity contribution in [3.63, 3.8) is 0 Å². The van der Waals surface area contributed by atoms with Crippen molar-refractivity contribution in [2.75, 3.05) is 31.0 Å². The second-order valence-electron chi connectivity index (χ2n) is 8.29. The fourth-order valence-electron chi connectivity index (χ4n) is 3.88. The lowest BCUT2D eigenvalue weighted by Gasteiger charge is -2.33. The molecule has 3 rings (SSSR count). The molecule has 0 bridgehead atoms. The Balaban J connectivity index is 1.90. The third kappa shape index (κ3) is 5.12. The summed E-state index contributed by atoms with van der Waals surface area (Å²) in [5, 5.41) is 0. The molecule has 0 N–H and O–H groups in total. The summed E-state index contributed by atoms with van der Waals surface area (Å²) in [6, 6.07) is 12.2. The lowest BCUT2D eigenvalue weighted by molar-refractivity contribution is -0.148. The van der Waals surface area contributed by atoms with Crippen molar-refractivity contribution in [3.8, 4) is 0 Å². The summed E-state index contributed by atoms with van der Waals surface area (Å²) in [6.45, 7) is 6.09. The number of sulfonamides is 1. The lowest BCUT2D eigenvalue weighted by Crippen LogP contribution is -2.47. The van der Waals surface area contributed by atoms with Crippen molar-refractivity contribution >= 4 is 27.6 Å². The van der Waals surface area contributed by atoms with E-state index in [1.54, 1.807) is 35.2 Å². The normalized spacial score (nSPS) is 14.8. The van der Waals surface area contributed by atoms with E-state index >= 15 is 0 Å². The molecule has 0 aliphatic carbocycles. The number of anilines is 1. The second-order valence-corrected chi connectivity index (χ2v) is 10.2. The predicted octanol–water partition coefficient (Wildman–Crippen LogP) is 3.22. The number of piperidine rings is 1. The van der Waals surface area contributed by atoms with Crippen LogP contribution in [-0.2, 0) is 24.3 Å². The molecule has 0 radical (unpaired) electrons. The number of ether oxygens (including phenoxy) is 1. The van der Waals surface area contributed by atoms with E-state index in [0.717, 1.165) is 16.7 Å². The van der Waals surface area contributed by atoms with Gasteiger partial charge in [0.25, 0.3) is 10.0 Å². The smallest absolute Gasteiger partial charge is 0.308 e. The zero-order chi connectivity index (χ0) is 23.5. The fourth-order valence-corrected chi connectivity index (χ4v) is 5.35. The minimum atomic E-state index is -3.96. The van der Waals surface area contributed by atoms with Crippen molar-refractivity contribution in [2.24, 2.45) is 5.92 Å². The molecule has 0 saturated carbocycles. The molecule has 1 aliphatic rings. The number of hydrogen-bond donors (Lipinski definition) is 0. The molecule has 0 spiro atoms. The van der Waals surface area contributed by atoms with Gasteiger partial charge >= 0.3 is 5.97 Å². The van der Waals surface area contributed by atoms with Gasteiger partial charge in [-0.05, 0) is 62.9 Å². The van der Waals surface area contributed by atoms with Gasteiger partial charge in [0.2, 0.25) is 5.91 Å². The Bertz CT molecular complexity index is 1090.